The number of hydrogen-bond acceptors (Lipinski definition) is 4. The number of aromatic nitrogens is 1. The second-order valence-electron chi connectivity index (χ2n) is 3.91. The van der Waals surface area contributed by atoms with Crippen LogP contribution in [0.5, 0.6) is 0 Å². The van der Waals surface area contributed by atoms with Crippen molar-refractivity contribution in [1.29, 1.82) is 0 Å². The lowest BCUT2D eigenvalue weighted by Crippen LogP contribution is -2.18. The van der Waals surface area contributed by atoms with Crippen molar-refractivity contribution in [3.05, 3.63) is 53.5 Å². The topological polar surface area (TPSA) is 80.0 Å². The summed E-state index contributed by atoms with van der Waals surface area (Å²) in [6, 6.07) is 7.69. The monoisotopic (exact) mass is 260 g/mol. The predicted molar refractivity (Wildman–Crippen MR) is 71.1 cm³/mol. The molecule has 0 aliphatic carbocycles. The quantitative estimate of drug-likeness (QED) is 0.583. The van der Waals surface area contributed by atoms with Gasteiger partial charge in [0.25, 0.3) is 5.91 Å². The number of anilines is 2. The van der Waals surface area contributed by atoms with E-state index in [2.05, 4.69) is 15.7 Å². The predicted octanol–water partition coefficient (Wildman–Crippen LogP) is 2.07. The van der Waals surface area contributed by atoms with E-state index in [1.165, 1.54) is 18.3 Å². The number of pyridine rings is 1. The van der Waals surface area contributed by atoms with Gasteiger partial charge in [0.15, 0.2) is 5.82 Å². The first-order valence-electron chi connectivity index (χ1n) is 5.61. The van der Waals surface area contributed by atoms with Crippen molar-refractivity contribution in [1.82, 2.24) is 4.98 Å². The number of rotatable bonds is 3. The smallest absolute Gasteiger partial charge is 0.259 e. The van der Waals surface area contributed by atoms with Gasteiger partial charge >= 0.3 is 0 Å². The molecule has 1 aromatic heterocycles. The van der Waals surface area contributed by atoms with E-state index in [1.54, 1.807) is 25.1 Å². The zero-order chi connectivity index (χ0) is 13.8. The van der Waals surface area contributed by atoms with Gasteiger partial charge in [0, 0.05) is 17.4 Å². The summed E-state index contributed by atoms with van der Waals surface area (Å²) < 4.78 is 13.4. The van der Waals surface area contributed by atoms with Gasteiger partial charge in [-0.2, -0.15) is 0 Å². The maximum atomic E-state index is 13.4. The van der Waals surface area contributed by atoms with E-state index in [0.29, 0.717) is 11.3 Å². The summed E-state index contributed by atoms with van der Waals surface area (Å²) >= 11 is 0. The molecule has 0 aliphatic rings. The number of nitrogen functional groups attached to an aromatic ring is 1. The minimum Gasteiger partial charge on any atom is -0.322 e. The van der Waals surface area contributed by atoms with Crippen molar-refractivity contribution in [2.75, 3.05) is 10.7 Å². The van der Waals surface area contributed by atoms with Gasteiger partial charge in [-0.15, -0.1) is 0 Å². The molecule has 0 saturated heterocycles. The molecule has 19 heavy (non-hydrogen) atoms. The van der Waals surface area contributed by atoms with Crippen LogP contribution in [-0.2, 0) is 0 Å². The number of nitrogens with two attached hydrogens (primary N) is 1. The van der Waals surface area contributed by atoms with Crippen LogP contribution in [0, 0.1) is 12.7 Å². The minimum absolute atomic E-state index is 0.258. The van der Waals surface area contributed by atoms with Crippen molar-refractivity contribution in [3.63, 3.8) is 0 Å². The highest BCUT2D eigenvalue weighted by atomic mass is 19.1. The highest BCUT2D eigenvalue weighted by Crippen LogP contribution is 2.19. The van der Waals surface area contributed by atoms with E-state index < -0.39 is 5.91 Å². The summed E-state index contributed by atoms with van der Waals surface area (Å²) in [4.78, 5) is 16.0. The Balaban J connectivity index is 2.28. The zero-order valence-electron chi connectivity index (χ0n) is 10.3. The van der Waals surface area contributed by atoms with Gasteiger partial charge in [-0.1, -0.05) is 6.07 Å². The van der Waals surface area contributed by atoms with Crippen molar-refractivity contribution in [3.8, 4) is 0 Å². The highest BCUT2D eigenvalue weighted by molar-refractivity contribution is 6.07. The fourth-order valence-electron chi connectivity index (χ4n) is 1.64. The molecule has 0 spiro atoms. The molecule has 1 heterocycles. The maximum Gasteiger partial charge on any atom is 0.259 e. The number of halogens is 1. The van der Waals surface area contributed by atoms with E-state index in [4.69, 9.17) is 5.84 Å². The molecule has 2 rings (SSSR count). The largest absolute Gasteiger partial charge is 0.322 e. The molecule has 0 unspecified atom stereocenters. The average Bonchev–Trinajstić information content (AvgIpc) is 2.43. The lowest BCUT2D eigenvalue weighted by Gasteiger charge is -2.10. The Hall–Kier alpha value is -2.47. The van der Waals surface area contributed by atoms with E-state index >= 15 is 0 Å². The fraction of sp³-hybridized carbons (Fsp3) is 0.0769. The molecule has 6 heteroatoms. The van der Waals surface area contributed by atoms with E-state index in [0.717, 1.165) is 0 Å². The molecule has 98 valence electrons. The molecule has 0 radical (unpaired) electrons. The molecule has 1 aromatic carbocycles. The number of nitrogens with zero attached hydrogens (tertiary/aromatic N) is 1. The van der Waals surface area contributed by atoms with Gasteiger partial charge in [-0.3, -0.25) is 4.79 Å². The number of amides is 1. The number of carbonyl (C=O) groups is 1. The molecule has 0 atom stereocenters. The van der Waals surface area contributed by atoms with Gasteiger partial charge in [0.05, 0.1) is 5.56 Å². The minimum atomic E-state index is -0.408. The first kappa shape index (κ1) is 13.0. The molecule has 1 amide bonds. The number of benzene rings is 1. The Labute approximate surface area is 109 Å². The van der Waals surface area contributed by atoms with Crippen LogP contribution >= 0.6 is 0 Å². The summed E-state index contributed by atoms with van der Waals surface area (Å²) in [6.07, 6.45) is 1.51. The Kier molecular flexibility index (Phi) is 3.72. The second kappa shape index (κ2) is 5.45. The van der Waals surface area contributed by atoms with Gasteiger partial charge in [-0.05, 0) is 31.2 Å². The molecule has 0 saturated carbocycles. The molecular weight excluding hydrogens is 247 g/mol. The standard InChI is InChI=1S/C13H13FN4O/c1-8-10(14)5-2-6-11(8)17-13(19)9-4-3-7-16-12(9)18-15/h2-7H,15H2,1H3,(H,16,18)(H,17,19). The van der Waals surface area contributed by atoms with Crippen LogP contribution < -0.4 is 16.6 Å². The van der Waals surface area contributed by atoms with Crippen LogP contribution in [0.4, 0.5) is 15.9 Å². The summed E-state index contributed by atoms with van der Waals surface area (Å²) in [5, 5.41) is 2.63. The summed E-state index contributed by atoms with van der Waals surface area (Å²) in [5.41, 5.74) is 3.42. The van der Waals surface area contributed by atoms with Gasteiger partial charge in [-0.25, -0.2) is 15.2 Å². The average molecular weight is 260 g/mol. The van der Waals surface area contributed by atoms with Crippen molar-refractivity contribution < 1.29 is 9.18 Å². The molecular formula is C13H13FN4O. The summed E-state index contributed by atoms with van der Waals surface area (Å²) in [7, 11) is 0. The van der Waals surface area contributed by atoms with Crippen LogP contribution in [0.2, 0.25) is 0 Å². The first-order chi connectivity index (χ1) is 9.13. The third kappa shape index (κ3) is 2.69. The zero-order valence-corrected chi connectivity index (χ0v) is 10.3. The van der Waals surface area contributed by atoms with Crippen LogP contribution in [0.15, 0.2) is 36.5 Å². The third-order valence-corrected chi connectivity index (χ3v) is 2.70. The molecule has 4 N–H and O–H groups in total. The van der Waals surface area contributed by atoms with Crippen LogP contribution in [0.1, 0.15) is 15.9 Å². The van der Waals surface area contributed by atoms with E-state index in [-0.39, 0.29) is 17.2 Å². The van der Waals surface area contributed by atoms with Crippen LogP contribution in [0.3, 0.4) is 0 Å². The lowest BCUT2D eigenvalue weighted by atomic mass is 10.1. The Morgan fingerprint density at radius 2 is 2.11 bits per heavy atom. The number of carbonyl (C=O) groups excluding carboxylic acids is 1. The first-order valence-corrected chi connectivity index (χ1v) is 5.61. The van der Waals surface area contributed by atoms with Gasteiger partial charge in [0.1, 0.15) is 5.82 Å². The summed E-state index contributed by atoms with van der Waals surface area (Å²) in [6.45, 7) is 1.59. The fourth-order valence-corrected chi connectivity index (χ4v) is 1.64. The number of hydrogen-bond donors (Lipinski definition) is 3. The van der Waals surface area contributed by atoms with Crippen LogP contribution in [0.25, 0.3) is 0 Å². The third-order valence-electron chi connectivity index (χ3n) is 2.70. The van der Waals surface area contributed by atoms with E-state index in [9.17, 15) is 9.18 Å². The number of hydrazine groups is 1. The van der Waals surface area contributed by atoms with Crippen molar-refractivity contribution in [2.24, 2.45) is 5.84 Å². The normalized spacial score (nSPS) is 10.1. The van der Waals surface area contributed by atoms with Crippen molar-refractivity contribution >= 4 is 17.4 Å². The summed E-state index contributed by atoms with van der Waals surface area (Å²) in [5.74, 6) is 4.76. The Bertz CT molecular complexity index is 615. The highest BCUT2D eigenvalue weighted by Gasteiger charge is 2.13. The molecule has 2 aromatic rings. The molecule has 5 nitrogen and oxygen atoms in total. The molecule has 0 bridgehead atoms. The van der Waals surface area contributed by atoms with Crippen LogP contribution in [-0.4, -0.2) is 10.9 Å². The van der Waals surface area contributed by atoms with E-state index in [1.807, 2.05) is 0 Å². The lowest BCUT2D eigenvalue weighted by molar-refractivity contribution is 0.102. The van der Waals surface area contributed by atoms with Crippen molar-refractivity contribution in [2.45, 2.75) is 6.92 Å². The van der Waals surface area contributed by atoms with Gasteiger partial charge < -0.3 is 10.7 Å². The SMILES string of the molecule is Cc1c(F)cccc1NC(=O)c1cccnc1NN. The van der Waals surface area contributed by atoms with Gasteiger partial charge in [0.2, 0.25) is 0 Å². The number of nitrogens with one attached hydrogen (secondary N) is 2. The second-order valence-corrected chi connectivity index (χ2v) is 3.91. The molecule has 0 aliphatic heterocycles. The Morgan fingerprint density at radius 1 is 1.32 bits per heavy atom. The Morgan fingerprint density at radius 3 is 2.84 bits per heavy atom. The molecule has 0 fully saturated rings. The maximum absolute atomic E-state index is 13.4.